The topological polar surface area (TPSA) is 66.5 Å². The number of nitrogens with one attached hydrogen (secondary N) is 1. The molecular formula is C21H26N2O3S. The van der Waals surface area contributed by atoms with E-state index in [-0.39, 0.29) is 23.3 Å². The van der Waals surface area contributed by atoms with Crippen LogP contribution in [0.4, 0.5) is 5.69 Å². The minimum absolute atomic E-state index is 0.122. The number of hydrogen-bond acceptors (Lipinski definition) is 3. The van der Waals surface area contributed by atoms with Crippen molar-refractivity contribution in [3.05, 3.63) is 59.7 Å². The molecule has 0 radical (unpaired) electrons. The molecule has 6 heteroatoms. The SMILES string of the molecule is CCc1ccc(NC(=O)C2CCCN(S(=O)(=O)c3ccc(C)cc3)C2)cc1. The number of nitrogens with zero attached hydrogens (tertiary/aromatic N) is 1. The number of carbonyl (C=O) groups is 1. The number of hydrogen-bond donors (Lipinski definition) is 1. The fourth-order valence-corrected chi connectivity index (χ4v) is 4.83. The van der Waals surface area contributed by atoms with Gasteiger partial charge in [0.15, 0.2) is 0 Å². The first-order chi connectivity index (χ1) is 12.9. The Bertz CT molecular complexity index is 890. The van der Waals surface area contributed by atoms with E-state index in [1.165, 1.54) is 9.87 Å². The smallest absolute Gasteiger partial charge is 0.243 e. The molecule has 1 amide bonds. The van der Waals surface area contributed by atoms with Crippen LogP contribution in [0.5, 0.6) is 0 Å². The van der Waals surface area contributed by atoms with Gasteiger partial charge < -0.3 is 5.32 Å². The molecule has 0 spiro atoms. The van der Waals surface area contributed by atoms with Gasteiger partial charge in [-0.2, -0.15) is 4.31 Å². The van der Waals surface area contributed by atoms with Gasteiger partial charge in [0.1, 0.15) is 0 Å². The van der Waals surface area contributed by atoms with Gasteiger partial charge in [0.25, 0.3) is 0 Å². The first-order valence-corrected chi connectivity index (χ1v) is 10.8. The third-order valence-corrected chi connectivity index (χ3v) is 6.92. The third kappa shape index (κ3) is 4.57. The Morgan fingerprint density at radius 2 is 1.78 bits per heavy atom. The summed E-state index contributed by atoms with van der Waals surface area (Å²) in [7, 11) is -3.57. The molecule has 5 nitrogen and oxygen atoms in total. The summed E-state index contributed by atoms with van der Waals surface area (Å²) in [6, 6.07) is 14.6. The molecule has 1 N–H and O–H groups in total. The molecule has 0 bridgehead atoms. The molecule has 2 aromatic rings. The highest BCUT2D eigenvalue weighted by Gasteiger charge is 2.33. The Labute approximate surface area is 161 Å². The number of benzene rings is 2. The van der Waals surface area contributed by atoms with Crippen molar-refractivity contribution in [1.82, 2.24) is 4.31 Å². The number of aryl methyl sites for hydroxylation is 2. The van der Waals surface area contributed by atoms with Crippen LogP contribution in [0.2, 0.25) is 0 Å². The van der Waals surface area contributed by atoms with Crippen LogP contribution in [0, 0.1) is 12.8 Å². The number of carbonyl (C=O) groups excluding carboxylic acids is 1. The van der Waals surface area contributed by atoms with Crippen LogP contribution in [-0.2, 0) is 21.2 Å². The molecule has 2 aromatic carbocycles. The van der Waals surface area contributed by atoms with Crippen LogP contribution >= 0.6 is 0 Å². The quantitative estimate of drug-likeness (QED) is 0.854. The van der Waals surface area contributed by atoms with E-state index in [0.717, 1.165) is 17.7 Å². The summed E-state index contributed by atoms with van der Waals surface area (Å²) in [5, 5.41) is 2.92. The number of amides is 1. The van der Waals surface area contributed by atoms with E-state index in [2.05, 4.69) is 12.2 Å². The molecule has 1 aliphatic heterocycles. The molecule has 0 aliphatic carbocycles. The first-order valence-electron chi connectivity index (χ1n) is 9.37. The van der Waals surface area contributed by atoms with Gasteiger partial charge in [-0.15, -0.1) is 0 Å². The van der Waals surface area contributed by atoms with Crippen LogP contribution in [-0.4, -0.2) is 31.7 Å². The second-order valence-corrected chi connectivity index (χ2v) is 8.99. The number of rotatable bonds is 5. The zero-order valence-electron chi connectivity index (χ0n) is 15.8. The Morgan fingerprint density at radius 3 is 2.41 bits per heavy atom. The van der Waals surface area contributed by atoms with Gasteiger partial charge in [0.2, 0.25) is 15.9 Å². The molecule has 1 saturated heterocycles. The van der Waals surface area contributed by atoms with Crippen molar-refractivity contribution in [2.75, 3.05) is 18.4 Å². The lowest BCUT2D eigenvalue weighted by Gasteiger charge is -2.31. The predicted octanol–water partition coefficient (Wildman–Crippen LogP) is 3.60. The molecule has 27 heavy (non-hydrogen) atoms. The van der Waals surface area contributed by atoms with Crippen molar-refractivity contribution in [2.45, 2.75) is 38.0 Å². The average molecular weight is 387 g/mol. The zero-order chi connectivity index (χ0) is 19.4. The molecule has 1 heterocycles. The molecule has 0 aromatic heterocycles. The highest BCUT2D eigenvalue weighted by atomic mass is 32.2. The van der Waals surface area contributed by atoms with E-state index in [1.807, 2.05) is 31.2 Å². The van der Waals surface area contributed by atoms with Gasteiger partial charge in [0, 0.05) is 18.8 Å². The molecule has 1 unspecified atom stereocenters. The summed E-state index contributed by atoms with van der Waals surface area (Å²) in [5.41, 5.74) is 2.97. The highest BCUT2D eigenvalue weighted by molar-refractivity contribution is 7.89. The van der Waals surface area contributed by atoms with E-state index in [0.29, 0.717) is 19.4 Å². The molecule has 0 saturated carbocycles. The van der Waals surface area contributed by atoms with E-state index >= 15 is 0 Å². The Hall–Kier alpha value is -2.18. The Balaban J connectivity index is 1.69. The fraction of sp³-hybridized carbons (Fsp3) is 0.381. The summed E-state index contributed by atoms with van der Waals surface area (Å²) in [4.78, 5) is 12.9. The van der Waals surface area contributed by atoms with E-state index in [9.17, 15) is 13.2 Å². The minimum Gasteiger partial charge on any atom is -0.326 e. The van der Waals surface area contributed by atoms with Gasteiger partial charge in [0.05, 0.1) is 10.8 Å². The van der Waals surface area contributed by atoms with E-state index in [4.69, 9.17) is 0 Å². The van der Waals surface area contributed by atoms with Gasteiger partial charge in [-0.3, -0.25) is 4.79 Å². The van der Waals surface area contributed by atoms with Crippen molar-refractivity contribution in [3.8, 4) is 0 Å². The second-order valence-electron chi connectivity index (χ2n) is 7.05. The van der Waals surface area contributed by atoms with Crippen molar-refractivity contribution < 1.29 is 13.2 Å². The number of piperidine rings is 1. The summed E-state index contributed by atoms with van der Waals surface area (Å²) >= 11 is 0. The van der Waals surface area contributed by atoms with Gasteiger partial charge in [-0.1, -0.05) is 36.8 Å². The van der Waals surface area contributed by atoms with Gasteiger partial charge >= 0.3 is 0 Å². The average Bonchev–Trinajstić information content (AvgIpc) is 2.69. The van der Waals surface area contributed by atoms with Crippen molar-refractivity contribution >= 4 is 21.6 Å². The first kappa shape index (κ1) is 19.6. The van der Waals surface area contributed by atoms with Crippen LogP contribution < -0.4 is 5.32 Å². The molecule has 144 valence electrons. The highest BCUT2D eigenvalue weighted by Crippen LogP contribution is 2.25. The van der Waals surface area contributed by atoms with Crippen LogP contribution in [0.1, 0.15) is 30.9 Å². The maximum Gasteiger partial charge on any atom is 0.243 e. The Kier molecular flexibility index (Phi) is 5.97. The fourth-order valence-electron chi connectivity index (χ4n) is 3.30. The molecule has 1 fully saturated rings. The standard InChI is InChI=1S/C21H26N2O3S/c1-3-17-8-10-19(11-9-17)22-21(24)18-5-4-14-23(15-18)27(25,26)20-12-6-16(2)7-13-20/h6-13,18H,3-5,14-15H2,1-2H3,(H,22,24). The minimum atomic E-state index is -3.57. The predicted molar refractivity (Wildman–Crippen MR) is 107 cm³/mol. The number of anilines is 1. The summed E-state index contributed by atoms with van der Waals surface area (Å²) in [6.45, 7) is 4.67. The third-order valence-electron chi connectivity index (χ3n) is 5.04. The molecule has 1 aliphatic rings. The Morgan fingerprint density at radius 1 is 1.11 bits per heavy atom. The zero-order valence-corrected chi connectivity index (χ0v) is 16.6. The van der Waals surface area contributed by atoms with Gasteiger partial charge in [-0.25, -0.2) is 8.42 Å². The lowest BCUT2D eigenvalue weighted by Crippen LogP contribution is -2.43. The van der Waals surface area contributed by atoms with E-state index < -0.39 is 10.0 Å². The molecule has 3 rings (SSSR count). The van der Waals surface area contributed by atoms with Gasteiger partial charge in [-0.05, 0) is 56.0 Å². The van der Waals surface area contributed by atoms with Crippen molar-refractivity contribution in [3.63, 3.8) is 0 Å². The maximum atomic E-state index is 12.9. The van der Waals surface area contributed by atoms with Crippen molar-refractivity contribution in [2.24, 2.45) is 5.92 Å². The monoisotopic (exact) mass is 386 g/mol. The summed E-state index contributed by atoms with van der Waals surface area (Å²) in [6.07, 6.45) is 2.32. The summed E-state index contributed by atoms with van der Waals surface area (Å²) in [5.74, 6) is -0.465. The number of sulfonamides is 1. The van der Waals surface area contributed by atoms with Crippen LogP contribution in [0.15, 0.2) is 53.4 Å². The van der Waals surface area contributed by atoms with E-state index in [1.54, 1.807) is 24.3 Å². The lowest BCUT2D eigenvalue weighted by atomic mass is 9.98. The van der Waals surface area contributed by atoms with Crippen LogP contribution in [0.25, 0.3) is 0 Å². The largest absolute Gasteiger partial charge is 0.326 e. The van der Waals surface area contributed by atoms with Crippen LogP contribution in [0.3, 0.4) is 0 Å². The molecule has 1 atom stereocenters. The summed E-state index contributed by atoms with van der Waals surface area (Å²) < 4.78 is 27.2. The normalized spacial score (nSPS) is 18.2. The van der Waals surface area contributed by atoms with Crippen molar-refractivity contribution in [1.29, 1.82) is 0 Å². The lowest BCUT2D eigenvalue weighted by molar-refractivity contribution is -0.120. The maximum absolute atomic E-state index is 12.9. The molecular weight excluding hydrogens is 360 g/mol. The second kappa shape index (κ2) is 8.23.